The molecule has 2 aromatic rings. The molecule has 1 amide bonds. The number of carbonyl (C=O) groups is 2. The summed E-state index contributed by atoms with van der Waals surface area (Å²) in [6.07, 6.45) is -11.2. The van der Waals surface area contributed by atoms with Crippen LogP contribution in [-0.2, 0) is 28.4 Å². The van der Waals surface area contributed by atoms with Crippen molar-refractivity contribution in [3.05, 3.63) is 46.6 Å². The van der Waals surface area contributed by atoms with Crippen molar-refractivity contribution in [1.82, 2.24) is 15.3 Å². The summed E-state index contributed by atoms with van der Waals surface area (Å²) in [5, 5.41) is 13.1. The molecule has 1 aliphatic carbocycles. The second-order valence-electron chi connectivity index (χ2n) is 9.75. The van der Waals surface area contributed by atoms with Gasteiger partial charge in [0.1, 0.15) is 5.82 Å². The molecule has 1 aromatic heterocycles. The monoisotopic (exact) mass is 617 g/mol. The first-order valence-corrected chi connectivity index (χ1v) is 12.3. The summed E-state index contributed by atoms with van der Waals surface area (Å²) < 4.78 is 110. The molecule has 0 saturated heterocycles. The molecule has 0 radical (unpaired) electrons. The van der Waals surface area contributed by atoms with E-state index < -0.39 is 48.0 Å². The number of hydrogen-bond acceptors (Lipinski definition) is 6. The Morgan fingerprint density at radius 2 is 1.38 bits per heavy atom. The van der Waals surface area contributed by atoms with Crippen LogP contribution < -0.4 is 15.5 Å². The van der Waals surface area contributed by atoms with Crippen LogP contribution in [0.2, 0.25) is 0 Å². The van der Waals surface area contributed by atoms with E-state index in [0.717, 1.165) is 11.4 Å². The van der Waals surface area contributed by atoms with Crippen molar-refractivity contribution in [2.45, 2.75) is 69.6 Å². The number of rotatable bonds is 6. The van der Waals surface area contributed by atoms with Gasteiger partial charge in [-0.3, -0.25) is 4.79 Å². The van der Waals surface area contributed by atoms with E-state index in [1.165, 1.54) is 0 Å². The maximum atomic E-state index is 13.0. The number of nitrogens with zero attached hydrogens (tertiary/aromatic N) is 3. The molecule has 0 atom stereocenters. The molecule has 8 nitrogen and oxygen atoms in total. The van der Waals surface area contributed by atoms with Gasteiger partial charge in [-0.25, -0.2) is 9.78 Å². The summed E-state index contributed by atoms with van der Waals surface area (Å²) in [6.45, 7) is 1.91. The lowest BCUT2D eigenvalue weighted by molar-refractivity contribution is -0.192. The zero-order valence-corrected chi connectivity index (χ0v) is 22.5. The van der Waals surface area contributed by atoms with E-state index in [2.05, 4.69) is 20.6 Å². The van der Waals surface area contributed by atoms with Gasteiger partial charge >= 0.3 is 24.5 Å². The van der Waals surface area contributed by atoms with Gasteiger partial charge in [0, 0.05) is 37.9 Å². The van der Waals surface area contributed by atoms with Crippen LogP contribution in [0.5, 0.6) is 0 Å². The van der Waals surface area contributed by atoms with Crippen molar-refractivity contribution in [3.63, 3.8) is 0 Å². The minimum atomic E-state index is -5.08. The molecule has 0 spiro atoms. The topological polar surface area (TPSA) is 107 Å². The van der Waals surface area contributed by atoms with E-state index >= 15 is 0 Å². The van der Waals surface area contributed by atoms with Gasteiger partial charge in [-0.2, -0.15) is 44.5 Å². The van der Waals surface area contributed by atoms with Crippen LogP contribution in [-0.4, -0.2) is 59.3 Å². The van der Waals surface area contributed by atoms with Crippen molar-refractivity contribution in [1.29, 1.82) is 0 Å². The molecule has 0 unspecified atom stereocenters. The van der Waals surface area contributed by atoms with E-state index in [9.17, 15) is 44.3 Å². The van der Waals surface area contributed by atoms with Crippen LogP contribution in [0.4, 0.5) is 51.3 Å². The zero-order chi connectivity index (χ0) is 32.0. The van der Waals surface area contributed by atoms with Gasteiger partial charge in [0.15, 0.2) is 0 Å². The molecule has 0 aliphatic heterocycles. The van der Waals surface area contributed by atoms with E-state index in [4.69, 9.17) is 9.90 Å². The van der Waals surface area contributed by atoms with Crippen LogP contribution in [0.1, 0.15) is 47.9 Å². The number of halogens is 9. The first-order valence-electron chi connectivity index (χ1n) is 12.3. The minimum Gasteiger partial charge on any atom is -0.475 e. The van der Waals surface area contributed by atoms with Gasteiger partial charge in [-0.05, 0) is 56.4 Å². The van der Waals surface area contributed by atoms with Crippen molar-refractivity contribution in [2.75, 3.05) is 24.3 Å². The Bertz CT molecular complexity index is 1210. The zero-order valence-electron chi connectivity index (χ0n) is 22.5. The van der Waals surface area contributed by atoms with Gasteiger partial charge in [-0.15, -0.1) is 0 Å². The largest absolute Gasteiger partial charge is 0.490 e. The van der Waals surface area contributed by atoms with Crippen molar-refractivity contribution < 1.29 is 54.2 Å². The molecular formula is C25H28F9N5O3. The molecule has 17 heteroatoms. The van der Waals surface area contributed by atoms with Crippen molar-refractivity contribution in [2.24, 2.45) is 0 Å². The number of benzene rings is 1. The average Bonchev–Trinajstić information content (AvgIpc) is 2.84. The normalized spacial score (nSPS) is 17.5. The second kappa shape index (κ2) is 13.5. The summed E-state index contributed by atoms with van der Waals surface area (Å²) in [7, 11) is 3.77. The number of aliphatic carboxylic acids is 1. The lowest BCUT2D eigenvalue weighted by atomic mass is 9.91. The Morgan fingerprint density at radius 1 is 0.905 bits per heavy atom. The van der Waals surface area contributed by atoms with Crippen LogP contribution in [0.15, 0.2) is 24.4 Å². The minimum absolute atomic E-state index is 0.0505. The molecule has 1 aliphatic rings. The molecule has 42 heavy (non-hydrogen) atoms. The number of carboxylic acid groups (broad SMARTS) is 1. The predicted octanol–water partition coefficient (Wildman–Crippen LogP) is 5.60. The summed E-state index contributed by atoms with van der Waals surface area (Å²) in [6, 6.07) is 1.08. The molecule has 0 bridgehead atoms. The van der Waals surface area contributed by atoms with Gasteiger partial charge in [0.05, 0.1) is 17.5 Å². The van der Waals surface area contributed by atoms with Crippen LogP contribution >= 0.6 is 0 Å². The molecule has 1 fully saturated rings. The first-order chi connectivity index (χ1) is 19.2. The Kier molecular flexibility index (Phi) is 11.0. The van der Waals surface area contributed by atoms with Gasteiger partial charge in [-0.1, -0.05) is 0 Å². The number of aryl methyl sites for hydroxylation is 1. The highest BCUT2D eigenvalue weighted by Gasteiger charge is 2.38. The fraction of sp³-hybridized carbons (Fsp3) is 0.520. The van der Waals surface area contributed by atoms with Crippen LogP contribution in [0.3, 0.4) is 0 Å². The number of carboxylic acids is 1. The lowest BCUT2D eigenvalue weighted by Crippen LogP contribution is -2.41. The van der Waals surface area contributed by atoms with E-state index in [0.29, 0.717) is 43.8 Å². The third kappa shape index (κ3) is 10.6. The van der Waals surface area contributed by atoms with E-state index in [1.54, 1.807) is 6.20 Å². The maximum Gasteiger partial charge on any atom is 0.490 e. The van der Waals surface area contributed by atoms with Crippen molar-refractivity contribution in [3.8, 4) is 0 Å². The van der Waals surface area contributed by atoms with Crippen molar-refractivity contribution >= 4 is 23.6 Å². The highest BCUT2D eigenvalue weighted by molar-refractivity contribution is 5.79. The van der Waals surface area contributed by atoms with E-state index in [-0.39, 0.29) is 23.7 Å². The number of amides is 1. The Labute approximate surface area is 234 Å². The number of anilines is 2. The molecular weight excluding hydrogens is 589 g/mol. The predicted molar refractivity (Wildman–Crippen MR) is 133 cm³/mol. The molecule has 1 heterocycles. The highest BCUT2D eigenvalue weighted by atomic mass is 19.4. The standard InChI is InChI=1S/C23H27F6N5O.C2HF3O2/c1-13-12-30-21(33-20(13)34(2)3)32-18-6-4-17(5-7-18)31-19(35)10-14-8-15(22(24,25)26)11-16(9-14)23(27,28)29;3-2(4,5)1(6)7/h8-9,11-12,17-18H,4-7,10H2,1-3H3,(H,31,35)(H,30,32,33);(H,6,7)/t17-,18+;. The quantitative estimate of drug-likeness (QED) is 0.362. The highest BCUT2D eigenvalue weighted by Crippen LogP contribution is 2.36. The van der Waals surface area contributed by atoms with Gasteiger partial charge in [0.25, 0.3) is 0 Å². The third-order valence-corrected chi connectivity index (χ3v) is 6.05. The van der Waals surface area contributed by atoms with Crippen LogP contribution in [0, 0.1) is 6.92 Å². The number of alkyl halides is 9. The number of nitrogens with one attached hydrogen (secondary N) is 2. The Balaban J connectivity index is 0.000000782. The number of carbonyl (C=O) groups excluding carboxylic acids is 1. The molecule has 234 valence electrons. The third-order valence-electron chi connectivity index (χ3n) is 6.05. The maximum absolute atomic E-state index is 13.0. The van der Waals surface area contributed by atoms with E-state index in [1.807, 2.05) is 25.9 Å². The van der Waals surface area contributed by atoms with Gasteiger partial charge in [0.2, 0.25) is 11.9 Å². The smallest absolute Gasteiger partial charge is 0.475 e. The summed E-state index contributed by atoms with van der Waals surface area (Å²) >= 11 is 0. The van der Waals surface area contributed by atoms with Crippen LogP contribution in [0.25, 0.3) is 0 Å². The molecule has 3 rings (SSSR count). The molecule has 1 aromatic carbocycles. The number of hydrogen-bond donors (Lipinski definition) is 3. The lowest BCUT2D eigenvalue weighted by Gasteiger charge is -2.30. The van der Waals surface area contributed by atoms with Gasteiger partial charge < -0.3 is 20.6 Å². The Hall–Kier alpha value is -3.79. The second-order valence-corrected chi connectivity index (χ2v) is 9.75. The molecule has 1 saturated carbocycles. The molecule has 3 N–H and O–H groups in total. The fourth-order valence-electron chi connectivity index (χ4n) is 4.11. The average molecular weight is 618 g/mol. The number of aromatic nitrogens is 2. The SMILES string of the molecule is Cc1cnc(N[C@H]2CC[C@@H](NC(=O)Cc3cc(C(F)(F)F)cc(C(F)(F)F)c3)CC2)nc1N(C)C.O=C(O)C(F)(F)F. The first kappa shape index (κ1) is 34.4. The fourth-order valence-corrected chi connectivity index (χ4v) is 4.11. The summed E-state index contributed by atoms with van der Waals surface area (Å²) in [5.41, 5.74) is -2.27. The summed E-state index contributed by atoms with van der Waals surface area (Å²) in [4.78, 5) is 32.0. The Morgan fingerprint density at radius 3 is 1.81 bits per heavy atom. The summed E-state index contributed by atoms with van der Waals surface area (Å²) in [5.74, 6) is -2.08.